The normalized spacial score (nSPS) is 19.0. The van der Waals surface area contributed by atoms with Gasteiger partial charge in [-0.3, -0.25) is 0 Å². The molecule has 2 aliphatic heterocycles. The zero-order valence-electron chi connectivity index (χ0n) is 19.6. The summed E-state index contributed by atoms with van der Waals surface area (Å²) in [6.07, 6.45) is 8.93. The molecule has 0 aromatic heterocycles. The number of fused-ring (bicyclic) bond motifs is 2. The van der Waals surface area contributed by atoms with E-state index >= 15 is 0 Å². The molecule has 4 rings (SSSR count). The predicted molar refractivity (Wildman–Crippen MR) is 157 cm³/mol. The molecule has 2 aromatic rings. The molecule has 0 bridgehead atoms. The van der Waals surface area contributed by atoms with E-state index in [0.29, 0.717) is 0 Å². The van der Waals surface area contributed by atoms with Crippen molar-refractivity contribution in [3.63, 3.8) is 0 Å². The minimum atomic E-state index is 0. The molecule has 0 saturated heterocycles. The molecule has 0 amide bonds. The first-order chi connectivity index (χ1) is 15.4. The number of halogens is 2. The van der Waals surface area contributed by atoms with Gasteiger partial charge in [0.2, 0.25) is 0 Å². The number of rotatable bonds is 12. The number of unbranched alkanes of at least 4 members (excludes halogenated alkanes) is 4. The number of ether oxygens (including phenoxy) is 2. The molecule has 2 unspecified atom stereocenters. The van der Waals surface area contributed by atoms with Crippen molar-refractivity contribution in [3.8, 4) is 0 Å². The fourth-order valence-corrected chi connectivity index (χ4v) is 4.79. The van der Waals surface area contributed by atoms with Gasteiger partial charge in [-0.25, -0.2) is 0 Å². The van der Waals surface area contributed by atoms with Crippen LogP contribution in [0.25, 0.3) is 0 Å². The van der Waals surface area contributed by atoms with Crippen molar-refractivity contribution in [2.75, 3.05) is 39.4 Å². The van der Waals surface area contributed by atoms with Crippen LogP contribution in [0.3, 0.4) is 0 Å². The van der Waals surface area contributed by atoms with Crippen molar-refractivity contribution in [1.29, 1.82) is 0 Å². The number of nitrogens with one attached hydrogen (secondary N) is 2. The van der Waals surface area contributed by atoms with Crippen molar-refractivity contribution in [3.05, 3.63) is 70.8 Å². The summed E-state index contributed by atoms with van der Waals surface area (Å²) in [5.41, 5.74) is 5.65. The first-order valence-corrected chi connectivity index (χ1v) is 12.2. The standard InChI is InChI=1S/C27H38N2O2.2HI/c1(2-8-16-28-20-26-24-12-6-4-10-22(24)14-18-30-26)3-9-17-29-21-27-25-13-7-5-11-23(25)15-19-31-27;;/h4-7,10-13,26-29H,1-3,8-9,14-21H2;2*1H. The number of benzene rings is 2. The molecule has 0 radical (unpaired) electrons. The smallest absolute Gasteiger partial charge is 0.0952 e. The maximum Gasteiger partial charge on any atom is 0.0952 e. The van der Waals surface area contributed by atoms with Crippen LogP contribution in [0.15, 0.2) is 48.5 Å². The van der Waals surface area contributed by atoms with E-state index in [1.807, 2.05) is 0 Å². The number of hydrogen-bond acceptors (Lipinski definition) is 4. The second-order valence-electron chi connectivity index (χ2n) is 8.79. The van der Waals surface area contributed by atoms with Crippen LogP contribution in [0, 0.1) is 0 Å². The minimum absolute atomic E-state index is 0. The van der Waals surface area contributed by atoms with Crippen molar-refractivity contribution >= 4 is 48.0 Å². The van der Waals surface area contributed by atoms with E-state index < -0.39 is 0 Å². The summed E-state index contributed by atoms with van der Waals surface area (Å²) in [5.74, 6) is 0. The summed E-state index contributed by atoms with van der Waals surface area (Å²) in [7, 11) is 0. The molecular formula is C27H40I2N2O2. The summed E-state index contributed by atoms with van der Waals surface area (Å²) >= 11 is 0. The Bertz CT molecular complexity index is 740. The van der Waals surface area contributed by atoms with E-state index in [1.54, 1.807) is 0 Å². The molecule has 2 N–H and O–H groups in total. The van der Waals surface area contributed by atoms with Gasteiger partial charge < -0.3 is 20.1 Å². The van der Waals surface area contributed by atoms with E-state index in [2.05, 4.69) is 59.2 Å². The van der Waals surface area contributed by atoms with Crippen LogP contribution in [0.4, 0.5) is 0 Å². The van der Waals surface area contributed by atoms with E-state index in [1.165, 1.54) is 54.4 Å². The summed E-state index contributed by atoms with van der Waals surface area (Å²) in [4.78, 5) is 0. The Kier molecular flexibility index (Phi) is 14.4. The summed E-state index contributed by atoms with van der Waals surface area (Å²) < 4.78 is 11.9. The molecule has 0 aliphatic carbocycles. The second-order valence-corrected chi connectivity index (χ2v) is 8.79. The quantitative estimate of drug-likeness (QED) is 0.214. The average molecular weight is 678 g/mol. The lowest BCUT2D eigenvalue weighted by Crippen LogP contribution is -2.28. The molecule has 0 spiro atoms. The lowest BCUT2D eigenvalue weighted by molar-refractivity contribution is 0.0426. The molecular weight excluding hydrogens is 638 g/mol. The molecule has 2 aromatic carbocycles. The molecule has 6 heteroatoms. The molecule has 4 nitrogen and oxygen atoms in total. The van der Waals surface area contributed by atoms with Crippen LogP contribution in [0.1, 0.15) is 66.6 Å². The van der Waals surface area contributed by atoms with E-state index in [-0.39, 0.29) is 60.2 Å². The van der Waals surface area contributed by atoms with Gasteiger partial charge >= 0.3 is 0 Å². The summed E-state index contributed by atoms with van der Waals surface area (Å²) in [6.45, 7) is 5.70. The first kappa shape index (κ1) is 29.0. The minimum Gasteiger partial charge on any atom is -0.372 e. The maximum atomic E-state index is 5.97. The highest BCUT2D eigenvalue weighted by Crippen LogP contribution is 2.27. The number of hydrogen-bond donors (Lipinski definition) is 2. The first-order valence-electron chi connectivity index (χ1n) is 12.2. The molecule has 0 saturated carbocycles. The Morgan fingerprint density at radius 1 is 0.606 bits per heavy atom. The Morgan fingerprint density at radius 2 is 1.03 bits per heavy atom. The Labute approximate surface area is 234 Å². The molecule has 0 fully saturated rings. The largest absolute Gasteiger partial charge is 0.372 e. The van der Waals surface area contributed by atoms with Crippen LogP contribution in [0.5, 0.6) is 0 Å². The monoisotopic (exact) mass is 678 g/mol. The van der Waals surface area contributed by atoms with Gasteiger partial charge in [0.25, 0.3) is 0 Å². The van der Waals surface area contributed by atoms with Crippen molar-refractivity contribution in [2.24, 2.45) is 0 Å². The van der Waals surface area contributed by atoms with Crippen LogP contribution < -0.4 is 10.6 Å². The molecule has 184 valence electrons. The van der Waals surface area contributed by atoms with Gasteiger partial charge in [-0.2, -0.15) is 0 Å². The summed E-state index contributed by atoms with van der Waals surface area (Å²) in [5, 5.41) is 7.20. The fraction of sp³-hybridized carbons (Fsp3) is 0.556. The lowest BCUT2D eigenvalue weighted by Gasteiger charge is -2.26. The van der Waals surface area contributed by atoms with Gasteiger partial charge in [-0.1, -0.05) is 67.8 Å². The van der Waals surface area contributed by atoms with Crippen molar-refractivity contribution in [2.45, 2.75) is 57.2 Å². The van der Waals surface area contributed by atoms with Gasteiger partial charge in [-0.15, -0.1) is 48.0 Å². The topological polar surface area (TPSA) is 42.5 Å². The SMILES string of the molecule is I.I.c1ccc2c(c1)CCOC2CNCCCCCCCNCC1OCCc2ccccc21. The van der Waals surface area contributed by atoms with Gasteiger partial charge in [-0.05, 0) is 61.0 Å². The average Bonchev–Trinajstić information content (AvgIpc) is 2.82. The van der Waals surface area contributed by atoms with Crippen molar-refractivity contribution in [1.82, 2.24) is 10.6 Å². The fourth-order valence-electron chi connectivity index (χ4n) is 4.79. The van der Waals surface area contributed by atoms with Crippen LogP contribution in [0.2, 0.25) is 0 Å². The summed E-state index contributed by atoms with van der Waals surface area (Å²) in [6, 6.07) is 17.4. The van der Waals surface area contributed by atoms with Crippen LogP contribution in [-0.2, 0) is 22.3 Å². The third kappa shape index (κ3) is 9.04. The molecule has 33 heavy (non-hydrogen) atoms. The van der Waals surface area contributed by atoms with E-state index in [0.717, 1.165) is 52.2 Å². The van der Waals surface area contributed by atoms with Crippen molar-refractivity contribution < 1.29 is 9.47 Å². The zero-order valence-corrected chi connectivity index (χ0v) is 24.3. The molecule has 2 heterocycles. The Morgan fingerprint density at radius 3 is 1.52 bits per heavy atom. The maximum absolute atomic E-state index is 5.97. The van der Waals surface area contributed by atoms with Gasteiger partial charge in [0.15, 0.2) is 0 Å². The Balaban J connectivity index is 0.00000193. The highest BCUT2D eigenvalue weighted by molar-refractivity contribution is 14.0. The van der Waals surface area contributed by atoms with Crippen LogP contribution >= 0.6 is 48.0 Å². The third-order valence-electron chi connectivity index (χ3n) is 6.55. The second kappa shape index (κ2) is 16.4. The highest BCUT2D eigenvalue weighted by atomic mass is 127. The zero-order chi connectivity index (χ0) is 21.1. The van der Waals surface area contributed by atoms with E-state index in [4.69, 9.17) is 9.47 Å². The molecule has 2 aliphatic rings. The lowest BCUT2D eigenvalue weighted by atomic mass is 9.97. The highest BCUT2D eigenvalue weighted by Gasteiger charge is 2.20. The predicted octanol–water partition coefficient (Wildman–Crippen LogP) is 5.98. The van der Waals surface area contributed by atoms with Gasteiger partial charge in [0.1, 0.15) is 0 Å². The molecule has 2 atom stereocenters. The Hall–Kier alpha value is -0.260. The van der Waals surface area contributed by atoms with Crippen LogP contribution in [-0.4, -0.2) is 39.4 Å². The van der Waals surface area contributed by atoms with E-state index in [9.17, 15) is 0 Å². The third-order valence-corrected chi connectivity index (χ3v) is 6.55. The van der Waals surface area contributed by atoms with Gasteiger partial charge in [0, 0.05) is 13.1 Å². The van der Waals surface area contributed by atoms with Gasteiger partial charge in [0.05, 0.1) is 25.4 Å².